The predicted molar refractivity (Wildman–Crippen MR) is 103 cm³/mol. The summed E-state index contributed by atoms with van der Waals surface area (Å²) in [6, 6.07) is 7.98. The fourth-order valence-corrected chi connectivity index (χ4v) is 3.48. The fourth-order valence-electron chi connectivity index (χ4n) is 3.48. The third kappa shape index (κ3) is 4.21. The number of carbonyl (C=O) groups excluding carboxylic acids is 2. The van der Waals surface area contributed by atoms with E-state index in [1.807, 2.05) is 0 Å². The summed E-state index contributed by atoms with van der Waals surface area (Å²) in [6.45, 7) is 2.54. The monoisotopic (exact) mass is 432 g/mol. The number of fused-ring (bicyclic) bond motifs is 1. The van der Waals surface area contributed by atoms with Crippen LogP contribution in [0.25, 0.3) is 17.0 Å². The highest BCUT2D eigenvalue weighted by atomic mass is 19.4. The van der Waals surface area contributed by atoms with Crippen molar-refractivity contribution in [2.75, 3.05) is 6.54 Å². The zero-order valence-electron chi connectivity index (χ0n) is 16.6. The van der Waals surface area contributed by atoms with E-state index in [1.54, 1.807) is 42.2 Å². The molecule has 1 aliphatic rings. The highest BCUT2D eigenvalue weighted by Crippen LogP contribution is 2.28. The average molecular weight is 432 g/mol. The lowest BCUT2D eigenvalue weighted by Crippen LogP contribution is -2.45. The van der Waals surface area contributed by atoms with Crippen molar-refractivity contribution in [1.82, 2.24) is 29.8 Å². The molecular weight excluding hydrogens is 413 g/mol. The standard InChI is InChI=1S/C20H19F3N6O2/c1-12(28-10-2-3-16(28)30)17(31)25-11-13-4-6-14(7-5-13)15-8-9-24-19-26-18(20(21,22)23)27-29(15)19/h4-9,12H,2-3,10-11H2,1H3,(H,25,31)/t12-/m0/s1. The second-order valence-corrected chi connectivity index (χ2v) is 7.26. The lowest BCUT2D eigenvalue weighted by Gasteiger charge is -2.23. The molecule has 2 amide bonds. The first-order valence-electron chi connectivity index (χ1n) is 9.69. The number of amides is 2. The van der Waals surface area contributed by atoms with Crippen LogP contribution < -0.4 is 5.32 Å². The first-order valence-corrected chi connectivity index (χ1v) is 9.69. The Hall–Kier alpha value is -3.50. The number of halogens is 3. The van der Waals surface area contributed by atoms with Crippen LogP contribution in [0, 0.1) is 0 Å². The Bertz CT molecular complexity index is 1130. The number of carbonyl (C=O) groups is 2. The molecule has 1 aromatic carbocycles. The molecule has 1 saturated heterocycles. The van der Waals surface area contributed by atoms with Crippen LogP contribution in [0.2, 0.25) is 0 Å². The van der Waals surface area contributed by atoms with Gasteiger partial charge in [0, 0.05) is 31.3 Å². The second kappa shape index (κ2) is 7.97. The van der Waals surface area contributed by atoms with E-state index in [0.29, 0.717) is 24.2 Å². The summed E-state index contributed by atoms with van der Waals surface area (Å²) in [7, 11) is 0. The van der Waals surface area contributed by atoms with Crippen LogP contribution in [0.3, 0.4) is 0 Å². The van der Waals surface area contributed by atoms with Crippen LogP contribution in [0.15, 0.2) is 36.5 Å². The molecule has 0 saturated carbocycles. The predicted octanol–water partition coefficient (Wildman–Crippen LogP) is 2.44. The molecule has 0 bridgehead atoms. The SMILES string of the molecule is C[C@@H](C(=O)NCc1ccc(-c2ccnc3nc(C(F)(F)F)nn23)cc1)N1CCCC1=O. The summed E-state index contributed by atoms with van der Waals surface area (Å²) in [5.74, 6) is -1.65. The largest absolute Gasteiger partial charge is 0.453 e. The van der Waals surface area contributed by atoms with Crippen molar-refractivity contribution in [2.24, 2.45) is 0 Å². The number of hydrogen-bond acceptors (Lipinski definition) is 5. The maximum Gasteiger partial charge on any atom is 0.453 e. The molecule has 8 nitrogen and oxygen atoms in total. The molecule has 3 heterocycles. The summed E-state index contributed by atoms with van der Waals surface area (Å²) in [5.41, 5.74) is 1.83. The minimum atomic E-state index is -4.66. The third-order valence-electron chi connectivity index (χ3n) is 5.17. The van der Waals surface area contributed by atoms with Gasteiger partial charge in [-0.05, 0) is 25.0 Å². The molecule has 1 aliphatic heterocycles. The van der Waals surface area contributed by atoms with Gasteiger partial charge in [-0.1, -0.05) is 24.3 Å². The summed E-state index contributed by atoms with van der Waals surface area (Å²) in [6.07, 6.45) is -2.06. The van der Waals surface area contributed by atoms with Gasteiger partial charge in [-0.2, -0.15) is 22.7 Å². The van der Waals surface area contributed by atoms with E-state index in [-0.39, 0.29) is 24.1 Å². The number of nitrogens with zero attached hydrogens (tertiary/aromatic N) is 5. The lowest BCUT2D eigenvalue weighted by molar-refractivity contribution is -0.144. The molecule has 11 heteroatoms. The van der Waals surface area contributed by atoms with Gasteiger partial charge in [0.2, 0.25) is 11.8 Å². The molecule has 4 rings (SSSR count). The van der Waals surface area contributed by atoms with Gasteiger partial charge in [0.15, 0.2) is 0 Å². The number of alkyl halides is 3. The zero-order chi connectivity index (χ0) is 22.2. The summed E-state index contributed by atoms with van der Waals surface area (Å²) < 4.78 is 39.8. The van der Waals surface area contributed by atoms with Crippen molar-refractivity contribution >= 4 is 17.6 Å². The highest BCUT2D eigenvalue weighted by Gasteiger charge is 2.36. The van der Waals surface area contributed by atoms with Gasteiger partial charge in [-0.3, -0.25) is 9.59 Å². The van der Waals surface area contributed by atoms with Gasteiger partial charge in [0.1, 0.15) is 6.04 Å². The number of aromatic nitrogens is 4. The number of rotatable bonds is 5. The summed E-state index contributed by atoms with van der Waals surface area (Å²) >= 11 is 0. The number of nitrogens with one attached hydrogen (secondary N) is 1. The van der Waals surface area contributed by atoms with Gasteiger partial charge in [0.25, 0.3) is 11.6 Å². The van der Waals surface area contributed by atoms with Crippen molar-refractivity contribution in [3.05, 3.63) is 47.9 Å². The highest BCUT2D eigenvalue weighted by molar-refractivity contribution is 5.88. The molecule has 0 aliphatic carbocycles. The molecule has 1 N–H and O–H groups in total. The maximum atomic E-state index is 12.9. The van der Waals surface area contributed by atoms with Gasteiger partial charge in [-0.15, -0.1) is 5.10 Å². The topological polar surface area (TPSA) is 92.5 Å². The van der Waals surface area contributed by atoms with Crippen LogP contribution in [-0.4, -0.2) is 48.9 Å². The molecule has 3 aromatic rings. The van der Waals surface area contributed by atoms with Gasteiger partial charge < -0.3 is 10.2 Å². The third-order valence-corrected chi connectivity index (χ3v) is 5.17. The number of likely N-dealkylation sites (tertiary alicyclic amines) is 1. The Kier molecular flexibility index (Phi) is 5.34. The Balaban J connectivity index is 1.47. The van der Waals surface area contributed by atoms with Crippen molar-refractivity contribution in [3.8, 4) is 11.3 Å². The molecule has 2 aromatic heterocycles. The quantitative estimate of drug-likeness (QED) is 0.669. The number of hydrogen-bond donors (Lipinski definition) is 1. The lowest BCUT2D eigenvalue weighted by atomic mass is 10.1. The second-order valence-electron chi connectivity index (χ2n) is 7.26. The fraction of sp³-hybridized carbons (Fsp3) is 0.350. The van der Waals surface area contributed by atoms with Crippen LogP contribution in [0.1, 0.15) is 31.2 Å². The molecule has 0 spiro atoms. The molecular formula is C20H19F3N6O2. The van der Waals surface area contributed by atoms with E-state index in [2.05, 4.69) is 20.4 Å². The molecule has 31 heavy (non-hydrogen) atoms. The summed E-state index contributed by atoms with van der Waals surface area (Å²) in [4.78, 5) is 33.0. The Morgan fingerprint density at radius 2 is 1.97 bits per heavy atom. The molecule has 0 radical (unpaired) electrons. The molecule has 1 atom stereocenters. The van der Waals surface area contributed by atoms with E-state index in [0.717, 1.165) is 16.5 Å². The first kappa shape index (κ1) is 20.8. The Labute approximate surface area is 175 Å². The van der Waals surface area contributed by atoms with E-state index in [4.69, 9.17) is 0 Å². The van der Waals surface area contributed by atoms with E-state index in [1.165, 1.54) is 6.20 Å². The van der Waals surface area contributed by atoms with Crippen molar-refractivity contribution in [2.45, 2.75) is 38.5 Å². The molecule has 162 valence electrons. The van der Waals surface area contributed by atoms with Crippen molar-refractivity contribution in [1.29, 1.82) is 0 Å². The molecule has 0 unspecified atom stereocenters. The first-order chi connectivity index (χ1) is 14.7. The van der Waals surface area contributed by atoms with Crippen LogP contribution in [0.4, 0.5) is 13.2 Å². The van der Waals surface area contributed by atoms with E-state index in [9.17, 15) is 22.8 Å². The van der Waals surface area contributed by atoms with Crippen molar-refractivity contribution < 1.29 is 22.8 Å². The Morgan fingerprint density at radius 3 is 2.61 bits per heavy atom. The minimum absolute atomic E-state index is 0.0162. The zero-order valence-corrected chi connectivity index (χ0v) is 16.6. The van der Waals surface area contributed by atoms with Gasteiger partial charge >= 0.3 is 6.18 Å². The average Bonchev–Trinajstić information content (AvgIpc) is 3.37. The van der Waals surface area contributed by atoms with Gasteiger partial charge in [-0.25, -0.2) is 4.98 Å². The van der Waals surface area contributed by atoms with Crippen molar-refractivity contribution in [3.63, 3.8) is 0 Å². The summed E-state index contributed by atoms with van der Waals surface area (Å²) in [5, 5.41) is 6.34. The van der Waals surface area contributed by atoms with Crippen LogP contribution in [-0.2, 0) is 22.3 Å². The van der Waals surface area contributed by atoms with Gasteiger partial charge in [0.05, 0.1) is 5.69 Å². The Morgan fingerprint density at radius 1 is 1.23 bits per heavy atom. The normalized spacial score (nSPS) is 15.5. The smallest absolute Gasteiger partial charge is 0.350 e. The minimum Gasteiger partial charge on any atom is -0.350 e. The molecule has 1 fully saturated rings. The van der Waals surface area contributed by atoms with Crippen LogP contribution in [0.5, 0.6) is 0 Å². The van der Waals surface area contributed by atoms with E-state index >= 15 is 0 Å². The van der Waals surface area contributed by atoms with Crippen LogP contribution >= 0.6 is 0 Å². The number of benzene rings is 1. The van der Waals surface area contributed by atoms with E-state index < -0.39 is 18.0 Å². The maximum absolute atomic E-state index is 12.9.